The molecule has 0 aliphatic heterocycles. The van der Waals surface area contributed by atoms with E-state index in [1.165, 1.54) is 22.9 Å². The van der Waals surface area contributed by atoms with Gasteiger partial charge in [-0.2, -0.15) is 0 Å². The Bertz CT molecular complexity index is 398. The minimum atomic E-state index is -0.463. The fourth-order valence-corrected chi connectivity index (χ4v) is 0.593. The molecule has 6 nitrogen and oxygen atoms in total. The largest absolute Gasteiger partial charge is 0.346 e. The standard InChI is InChI=1S/C5H7N3O2.C2H2O/c1-6-8-3-2-4(9)7-5(8)10;1-2-3/h2-3,6H,1H3,(H,7,9,10);1H2. The summed E-state index contributed by atoms with van der Waals surface area (Å²) < 4.78 is 1.17. The number of hydrogen-bond donors (Lipinski definition) is 2. The number of aromatic amines is 1. The van der Waals surface area contributed by atoms with Crippen LogP contribution < -0.4 is 16.7 Å². The minimum Gasteiger partial charge on any atom is -0.325 e. The first-order valence-electron chi connectivity index (χ1n) is 3.29. The van der Waals surface area contributed by atoms with Crippen LogP contribution in [-0.2, 0) is 4.79 Å². The minimum absolute atomic E-state index is 0.392. The van der Waals surface area contributed by atoms with Gasteiger partial charge >= 0.3 is 5.69 Å². The van der Waals surface area contributed by atoms with Crippen LogP contribution in [0, 0.1) is 0 Å². The van der Waals surface area contributed by atoms with Crippen LogP contribution in [0.25, 0.3) is 0 Å². The van der Waals surface area contributed by atoms with Gasteiger partial charge in [0.25, 0.3) is 5.56 Å². The molecule has 13 heavy (non-hydrogen) atoms. The van der Waals surface area contributed by atoms with Crippen molar-refractivity contribution in [2.45, 2.75) is 0 Å². The third-order valence-corrected chi connectivity index (χ3v) is 1.06. The highest BCUT2D eigenvalue weighted by atomic mass is 16.2. The van der Waals surface area contributed by atoms with Crippen LogP contribution in [0.5, 0.6) is 0 Å². The first kappa shape index (κ1) is 10.9. The van der Waals surface area contributed by atoms with Gasteiger partial charge in [0.05, 0.1) is 0 Å². The van der Waals surface area contributed by atoms with Gasteiger partial charge in [-0.3, -0.25) is 9.78 Å². The molecule has 2 N–H and O–H groups in total. The molecule has 0 bridgehead atoms. The van der Waals surface area contributed by atoms with E-state index in [9.17, 15) is 9.59 Å². The molecule has 0 unspecified atom stereocenters. The number of nitrogens with zero attached hydrogens (tertiary/aromatic N) is 1. The van der Waals surface area contributed by atoms with Crippen LogP contribution in [0.3, 0.4) is 0 Å². The van der Waals surface area contributed by atoms with Crippen LogP contribution in [-0.4, -0.2) is 22.6 Å². The Morgan fingerprint density at radius 2 is 2.15 bits per heavy atom. The SMILES string of the molecule is C=C=O.CNn1ccc(=O)[nH]c1=O. The molecule has 6 heteroatoms. The average Bonchev–Trinajstić information content (AvgIpc) is 2.06. The highest BCUT2D eigenvalue weighted by Gasteiger charge is 1.89. The number of hydrogen-bond acceptors (Lipinski definition) is 4. The molecule has 0 atom stereocenters. The smallest absolute Gasteiger partial charge is 0.325 e. The summed E-state index contributed by atoms with van der Waals surface area (Å²) in [6.45, 7) is 2.68. The lowest BCUT2D eigenvalue weighted by molar-refractivity contribution is 0.569. The first-order valence-corrected chi connectivity index (χ1v) is 3.29. The van der Waals surface area contributed by atoms with Gasteiger partial charge in [0.2, 0.25) is 0 Å². The number of nitrogens with one attached hydrogen (secondary N) is 2. The molecule has 0 saturated heterocycles. The van der Waals surface area contributed by atoms with E-state index < -0.39 is 11.2 Å². The van der Waals surface area contributed by atoms with E-state index in [1.807, 2.05) is 0 Å². The normalized spacial score (nSPS) is 7.77. The summed E-state index contributed by atoms with van der Waals surface area (Å²) in [5.74, 6) is 1.25. The molecule has 1 aromatic heterocycles. The molecule has 1 aromatic rings. The number of rotatable bonds is 1. The van der Waals surface area contributed by atoms with E-state index >= 15 is 0 Å². The summed E-state index contributed by atoms with van der Waals surface area (Å²) in [6, 6.07) is 1.26. The first-order chi connectivity index (χ1) is 6.15. The van der Waals surface area contributed by atoms with Crippen LogP contribution in [0.4, 0.5) is 0 Å². The van der Waals surface area contributed by atoms with Gasteiger partial charge in [0.15, 0.2) is 0 Å². The van der Waals surface area contributed by atoms with Gasteiger partial charge in [-0.15, -0.1) is 0 Å². The van der Waals surface area contributed by atoms with E-state index in [4.69, 9.17) is 4.79 Å². The zero-order chi connectivity index (χ0) is 10.3. The highest BCUT2D eigenvalue weighted by molar-refractivity contribution is 5.38. The Hall–Kier alpha value is -2.07. The van der Waals surface area contributed by atoms with Gasteiger partial charge < -0.3 is 5.43 Å². The van der Waals surface area contributed by atoms with Gasteiger partial charge in [-0.05, 0) is 6.58 Å². The highest BCUT2D eigenvalue weighted by Crippen LogP contribution is 1.63. The summed E-state index contributed by atoms with van der Waals surface area (Å²) >= 11 is 0. The van der Waals surface area contributed by atoms with Crippen molar-refractivity contribution in [3.8, 4) is 0 Å². The summed E-state index contributed by atoms with van der Waals surface area (Å²) in [4.78, 5) is 31.8. The summed E-state index contributed by atoms with van der Waals surface area (Å²) in [5.41, 5.74) is 1.70. The molecule has 0 fully saturated rings. The fraction of sp³-hybridized carbons (Fsp3) is 0.143. The predicted molar refractivity (Wildman–Crippen MR) is 47.9 cm³/mol. The van der Waals surface area contributed by atoms with Gasteiger partial charge in [-0.1, -0.05) is 0 Å². The molecule has 0 radical (unpaired) electrons. The number of H-pyrrole nitrogens is 1. The third-order valence-electron chi connectivity index (χ3n) is 1.06. The van der Waals surface area contributed by atoms with Crippen molar-refractivity contribution in [1.29, 1.82) is 0 Å². The maximum Gasteiger partial charge on any atom is 0.346 e. The van der Waals surface area contributed by atoms with E-state index in [0.717, 1.165) is 0 Å². The van der Waals surface area contributed by atoms with Crippen molar-refractivity contribution in [2.75, 3.05) is 12.5 Å². The molecule has 70 valence electrons. The molecular weight excluding hydrogens is 174 g/mol. The molecular formula is C7H9N3O3. The lowest BCUT2D eigenvalue weighted by atomic mass is 10.7. The lowest BCUT2D eigenvalue weighted by Gasteiger charge is -1.99. The van der Waals surface area contributed by atoms with Crippen molar-refractivity contribution in [1.82, 2.24) is 9.66 Å². The van der Waals surface area contributed by atoms with Gasteiger partial charge in [0, 0.05) is 19.3 Å². The maximum absolute atomic E-state index is 10.7. The molecule has 0 spiro atoms. The molecule has 0 aliphatic rings. The molecule has 1 heterocycles. The van der Waals surface area contributed by atoms with Crippen molar-refractivity contribution >= 4 is 5.94 Å². The second kappa shape index (κ2) is 5.56. The average molecular weight is 183 g/mol. The predicted octanol–water partition coefficient (Wildman–Crippen LogP) is -1.29. The second-order valence-corrected chi connectivity index (χ2v) is 1.85. The fourth-order valence-electron chi connectivity index (χ4n) is 0.593. The Morgan fingerprint density at radius 1 is 1.62 bits per heavy atom. The Labute approximate surface area is 73.5 Å². The van der Waals surface area contributed by atoms with Crippen LogP contribution in [0.2, 0.25) is 0 Å². The number of carbonyl (C=O) groups excluding carboxylic acids is 1. The van der Waals surface area contributed by atoms with E-state index in [0.29, 0.717) is 0 Å². The van der Waals surface area contributed by atoms with Gasteiger partial charge in [0.1, 0.15) is 5.94 Å². The van der Waals surface area contributed by atoms with E-state index in [2.05, 4.69) is 17.0 Å². The summed E-state index contributed by atoms with van der Waals surface area (Å²) in [6.07, 6.45) is 1.36. The lowest BCUT2D eigenvalue weighted by Crippen LogP contribution is -2.32. The zero-order valence-corrected chi connectivity index (χ0v) is 7.03. The molecule has 1 rings (SSSR count). The number of aromatic nitrogens is 2. The summed E-state index contributed by atoms with van der Waals surface area (Å²) in [7, 11) is 1.58. The van der Waals surface area contributed by atoms with Crippen LogP contribution in [0.1, 0.15) is 0 Å². The van der Waals surface area contributed by atoms with Crippen LogP contribution >= 0.6 is 0 Å². The van der Waals surface area contributed by atoms with Crippen LogP contribution in [0.15, 0.2) is 28.4 Å². The van der Waals surface area contributed by atoms with Crippen molar-refractivity contribution < 1.29 is 4.79 Å². The van der Waals surface area contributed by atoms with Crippen molar-refractivity contribution in [3.63, 3.8) is 0 Å². The Morgan fingerprint density at radius 3 is 2.54 bits per heavy atom. The third kappa shape index (κ3) is 3.74. The molecule has 0 aromatic carbocycles. The molecule has 0 aliphatic carbocycles. The quantitative estimate of drug-likeness (QED) is 0.531. The molecule has 0 saturated carbocycles. The van der Waals surface area contributed by atoms with Crippen molar-refractivity contribution in [2.24, 2.45) is 0 Å². The van der Waals surface area contributed by atoms with E-state index in [-0.39, 0.29) is 0 Å². The Kier molecular flexibility index (Phi) is 4.68. The Balaban J connectivity index is 0.000000424. The van der Waals surface area contributed by atoms with Crippen molar-refractivity contribution in [3.05, 3.63) is 39.7 Å². The maximum atomic E-state index is 10.7. The second-order valence-electron chi connectivity index (χ2n) is 1.85. The summed E-state index contributed by atoms with van der Waals surface area (Å²) in [5, 5.41) is 0. The van der Waals surface area contributed by atoms with Gasteiger partial charge in [-0.25, -0.2) is 14.3 Å². The monoisotopic (exact) mass is 183 g/mol. The van der Waals surface area contributed by atoms with E-state index in [1.54, 1.807) is 7.05 Å². The zero-order valence-electron chi connectivity index (χ0n) is 7.03. The molecule has 0 amide bonds. The topological polar surface area (TPSA) is 84.0 Å².